The van der Waals surface area contributed by atoms with Crippen molar-refractivity contribution in [1.29, 1.82) is 0 Å². The highest BCUT2D eigenvalue weighted by molar-refractivity contribution is 6.12. The van der Waals surface area contributed by atoms with Crippen LogP contribution in [0.25, 0.3) is 0 Å². The number of rotatable bonds is 3. The molecule has 0 aromatic heterocycles. The molecule has 0 saturated heterocycles. The molecule has 68 valence electrons. The zero-order valence-electron chi connectivity index (χ0n) is 6.80. The monoisotopic (exact) mass is 192 g/mol. The molecule has 0 atom stereocenters. The molecule has 0 unspecified atom stereocenters. The van der Waals surface area contributed by atoms with E-state index in [1.807, 2.05) is 0 Å². The predicted octanol–water partition coefficient (Wildman–Crippen LogP) is 2.36. The Kier molecular flexibility index (Phi) is 4.96. The summed E-state index contributed by atoms with van der Waals surface area (Å²) in [5.74, 6) is 0.391. The third-order valence-corrected chi connectivity index (χ3v) is 1.17. The molecule has 0 aliphatic rings. The minimum absolute atomic E-state index is 0.170. The summed E-state index contributed by atoms with van der Waals surface area (Å²) < 4.78 is 13.0. The van der Waals surface area contributed by atoms with Gasteiger partial charge in [-0.15, -0.1) is 0 Å². The van der Waals surface area contributed by atoms with Crippen LogP contribution in [-0.2, 0) is 13.8 Å². The standard InChI is InChI=1S/C7H9ClO4/c1-4-6(5(2)10-3)11-7(9)12-8/h4H,2H2,1,3H3/b6-4+. The van der Waals surface area contributed by atoms with Gasteiger partial charge in [-0.3, -0.25) is 0 Å². The third kappa shape index (κ3) is 3.30. The largest absolute Gasteiger partial charge is 0.532 e. The van der Waals surface area contributed by atoms with Crippen LogP contribution in [0, 0.1) is 0 Å². The lowest BCUT2D eigenvalue weighted by Crippen LogP contribution is -2.04. The fourth-order valence-corrected chi connectivity index (χ4v) is 0.514. The summed E-state index contributed by atoms with van der Waals surface area (Å²) in [7, 11) is 1.40. The Bertz CT molecular complexity index is 209. The number of allylic oxidation sites excluding steroid dienone is 1. The fourth-order valence-electron chi connectivity index (χ4n) is 0.483. The molecule has 0 rings (SSSR count). The lowest BCUT2D eigenvalue weighted by atomic mass is 10.4. The Morgan fingerprint density at radius 2 is 2.17 bits per heavy atom. The molecule has 0 fully saturated rings. The Balaban J connectivity index is 4.20. The summed E-state index contributed by atoms with van der Waals surface area (Å²) >= 11 is 4.73. The van der Waals surface area contributed by atoms with Crippen LogP contribution in [-0.4, -0.2) is 13.3 Å². The lowest BCUT2D eigenvalue weighted by molar-refractivity contribution is 0.123. The van der Waals surface area contributed by atoms with Gasteiger partial charge in [-0.25, -0.2) is 4.79 Å². The maximum absolute atomic E-state index is 10.5. The van der Waals surface area contributed by atoms with Gasteiger partial charge in [-0.1, -0.05) is 6.58 Å². The normalized spacial score (nSPS) is 10.4. The van der Waals surface area contributed by atoms with Crippen LogP contribution in [0.2, 0.25) is 0 Å². The summed E-state index contributed by atoms with van der Waals surface area (Å²) in [6.45, 7) is 5.12. The van der Waals surface area contributed by atoms with E-state index in [0.29, 0.717) is 0 Å². The number of methoxy groups -OCH3 is 1. The second-order valence-corrected chi connectivity index (χ2v) is 1.86. The fraction of sp³-hybridized carbons (Fsp3) is 0.286. The first-order chi connectivity index (χ1) is 5.65. The van der Waals surface area contributed by atoms with Crippen molar-refractivity contribution in [3.05, 3.63) is 24.2 Å². The smallest absolute Gasteiger partial charge is 0.493 e. The number of hydrogen-bond donors (Lipinski definition) is 0. The van der Waals surface area contributed by atoms with Crippen molar-refractivity contribution in [2.75, 3.05) is 7.11 Å². The molecule has 0 N–H and O–H groups in total. The molecule has 0 radical (unpaired) electrons. The second-order valence-electron chi connectivity index (χ2n) is 1.71. The van der Waals surface area contributed by atoms with Gasteiger partial charge in [0.1, 0.15) is 11.9 Å². The quantitative estimate of drug-likeness (QED) is 0.391. The molecule has 4 nitrogen and oxygen atoms in total. The van der Waals surface area contributed by atoms with Gasteiger partial charge in [0, 0.05) is 0 Å². The Morgan fingerprint density at radius 3 is 2.50 bits per heavy atom. The number of carbonyl (C=O) groups is 1. The molecular formula is C7H9ClO4. The first-order valence-electron chi connectivity index (χ1n) is 3.05. The summed E-state index contributed by atoms with van der Waals surface area (Å²) in [5.41, 5.74) is 0. The van der Waals surface area contributed by atoms with E-state index in [2.05, 4.69) is 15.6 Å². The van der Waals surface area contributed by atoms with Crippen molar-refractivity contribution >= 4 is 18.0 Å². The van der Waals surface area contributed by atoms with E-state index in [1.54, 1.807) is 6.92 Å². The lowest BCUT2D eigenvalue weighted by Gasteiger charge is -2.06. The summed E-state index contributed by atoms with van der Waals surface area (Å²) in [5, 5.41) is 0. The van der Waals surface area contributed by atoms with Gasteiger partial charge in [0.2, 0.25) is 0 Å². The Labute approximate surface area is 75.5 Å². The van der Waals surface area contributed by atoms with Crippen LogP contribution in [0.1, 0.15) is 6.92 Å². The molecule has 0 bridgehead atoms. The van der Waals surface area contributed by atoms with E-state index in [4.69, 9.17) is 16.6 Å². The highest BCUT2D eigenvalue weighted by Crippen LogP contribution is 2.10. The molecule has 0 aliphatic heterocycles. The van der Waals surface area contributed by atoms with Gasteiger partial charge in [0.15, 0.2) is 11.5 Å². The topological polar surface area (TPSA) is 44.8 Å². The van der Waals surface area contributed by atoms with Crippen molar-refractivity contribution in [3.8, 4) is 0 Å². The van der Waals surface area contributed by atoms with E-state index in [9.17, 15) is 4.79 Å². The van der Waals surface area contributed by atoms with Gasteiger partial charge in [-0.05, 0) is 13.0 Å². The van der Waals surface area contributed by atoms with Crippen molar-refractivity contribution in [2.24, 2.45) is 0 Å². The van der Waals surface area contributed by atoms with E-state index in [0.717, 1.165) is 0 Å². The number of carbonyl (C=O) groups excluding carboxylic acids is 1. The van der Waals surface area contributed by atoms with Crippen molar-refractivity contribution < 1.29 is 18.6 Å². The van der Waals surface area contributed by atoms with E-state index >= 15 is 0 Å². The first kappa shape index (κ1) is 10.8. The van der Waals surface area contributed by atoms with Crippen LogP contribution < -0.4 is 0 Å². The Hall–Kier alpha value is -1.16. The number of hydrogen-bond acceptors (Lipinski definition) is 4. The van der Waals surface area contributed by atoms with E-state index in [1.165, 1.54) is 13.2 Å². The maximum Gasteiger partial charge on any atom is 0.532 e. The summed E-state index contributed by atoms with van der Waals surface area (Å²) in [6, 6.07) is 0. The van der Waals surface area contributed by atoms with Crippen LogP contribution in [0.15, 0.2) is 24.2 Å². The average molecular weight is 193 g/mol. The molecule has 0 spiro atoms. The molecule has 5 heteroatoms. The molecule has 0 heterocycles. The van der Waals surface area contributed by atoms with Crippen molar-refractivity contribution in [1.82, 2.24) is 0 Å². The van der Waals surface area contributed by atoms with Crippen LogP contribution >= 0.6 is 11.9 Å². The predicted molar refractivity (Wildman–Crippen MR) is 43.3 cm³/mol. The van der Waals surface area contributed by atoms with Crippen molar-refractivity contribution in [3.63, 3.8) is 0 Å². The maximum atomic E-state index is 10.5. The van der Waals surface area contributed by atoms with Gasteiger partial charge in [-0.2, -0.15) is 0 Å². The van der Waals surface area contributed by atoms with E-state index in [-0.39, 0.29) is 11.5 Å². The second kappa shape index (κ2) is 5.49. The molecule has 0 aromatic carbocycles. The Morgan fingerprint density at radius 1 is 1.58 bits per heavy atom. The third-order valence-electron chi connectivity index (χ3n) is 1.04. The number of halogens is 1. The molecule has 0 aromatic rings. The highest BCUT2D eigenvalue weighted by Gasteiger charge is 2.10. The van der Waals surface area contributed by atoms with Crippen molar-refractivity contribution in [2.45, 2.75) is 6.92 Å². The molecule has 12 heavy (non-hydrogen) atoms. The average Bonchev–Trinajstić information content (AvgIpc) is 2.12. The van der Waals surface area contributed by atoms with Crippen LogP contribution in [0.5, 0.6) is 0 Å². The number of ether oxygens (including phenoxy) is 2. The SMILES string of the molecule is C=C(OC)/C(=C\C)OC(=O)OCl. The zero-order valence-corrected chi connectivity index (χ0v) is 7.55. The summed E-state index contributed by atoms with van der Waals surface area (Å²) in [6.07, 6.45) is 0.475. The van der Waals surface area contributed by atoms with Gasteiger partial charge >= 0.3 is 6.16 Å². The first-order valence-corrected chi connectivity index (χ1v) is 3.36. The minimum atomic E-state index is -1.03. The minimum Gasteiger partial charge on any atom is -0.493 e. The zero-order chi connectivity index (χ0) is 9.56. The van der Waals surface area contributed by atoms with Gasteiger partial charge < -0.3 is 13.8 Å². The molecular weight excluding hydrogens is 184 g/mol. The molecule has 0 aliphatic carbocycles. The van der Waals surface area contributed by atoms with Gasteiger partial charge in [0.25, 0.3) is 0 Å². The van der Waals surface area contributed by atoms with Crippen LogP contribution in [0.3, 0.4) is 0 Å². The van der Waals surface area contributed by atoms with Gasteiger partial charge in [0.05, 0.1) is 7.11 Å². The molecule has 0 saturated carbocycles. The molecule has 0 amide bonds. The van der Waals surface area contributed by atoms with Crippen LogP contribution in [0.4, 0.5) is 4.79 Å². The highest BCUT2D eigenvalue weighted by atomic mass is 35.5. The van der Waals surface area contributed by atoms with E-state index < -0.39 is 6.16 Å². The summed E-state index contributed by atoms with van der Waals surface area (Å²) in [4.78, 5) is 10.5.